The number of hydrogen-bond donors (Lipinski definition) is 2. The zero-order valence-electron chi connectivity index (χ0n) is 13.9. The molecule has 130 valence electrons. The van der Waals surface area contributed by atoms with Gasteiger partial charge in [-0.25, -0.2) is 4.52 Å². The van der Waals surface area contributed by atoms with E-state index in [-0.39, 0.29) is 18.9 Å². The third-order valence-corrected chi connectivity index (χ3v) is 5.03. The molecule has 1 aliphatic heterocycles. The SMILES string of the molecule is Cn1ccn2ncc(C(=O)N3CC[C@](O)(c4ccccc4)[C@@H](O)C3)c12. The monoisotopic (exact) mass is 340 g/mol. The highest BCUT2D eigenvalue weighted by Crippen LogP contribution is 2.33. The van der Waals surface area contributed by atoms with Gasteiger partial charge in [-0.15, -0.1) is 0 Å². The fourth-order valence-corrected chi connectivity index (χ4v) is 3.54. The number of hydrogen-bond acceptors (Lipinski definition) is 4. The summed E-state index contributed by atoms with van der Waals surface area (Å²) in [6.45, 7) is 0.440. The molecule has 2 aromatic heterocycles. The van der Waals surface area contributed by atoms with Crippen molar-refractivity contribution in [3.05, 3.63) is 60.0 Å². The number of carbonyl (C=O) groups is 1. The molecule has 0 bridgehead atoms. The number of β-amino-alcohol motifs (C(OH)–C–C–N with tert-alkyl or cyclic N) is 1. The first kappa shape index (κ1) is 15.9. The van der Waals surface area contributed by atoms with Gasteiger partial charge in [-0.1, -0.05) is 30.3 Å². The number of nitrogens with zero attached hydrogens (tertiary/aromatic N) is 4. The zero-order valence-corrected chi connectivity index (χ0v) is 13.9. The van der Waals surface area contributed by atoms with Crippen molar-refractivity contribution in [2.24, 2.45) is 7.05 Å². The molecule has 0 radical (unpaired) electrons. The van der Waals surface area contributed by atoms with Gasteiger partial charge in [-0.3, -0.25) is 4.79 Å². The summed E-state index contributed by atoms with van der Waals surface area (Å²) in [5.74, 6) is -0.189. The highest BCUT2D eigenvalue weighted by molar-refractivity contribution is 5.99. The van der Waals surface area contributed by atoms with Crippen molar-refractivity contribution >= 4 is 11.6 Å². The number of aryl methyl sites for hydroxylation is 1. The summed E-state index contributed by atoms with van der Waals surface area (Å²) < 4.78 is 3.48. The van der Waals surface area contributed by atoms with Gasteiger partial charge in [0.15, 0.2) is 0 Å². The number of likely N-dealkylation sites (tertiary alicyclic amines) is 1. The van der Waals surface area contributed by atoms with Crippen molar-refractivity contribution in [1.29, 1.82) is 0 Å². The first-order valence-corrected chi connectivity index (χ1v) is 8.24. The number of piperidine rings is 1. The second kappa shape index (κ2) is 5.72. The van der Waals surface area contributed by atoms with Gasteiger partial charge in [0, 0.05) is 32.4 Å². The van der Waals surface area contributed by atoms with E-state index in [1.54, 1.807) is 33.9 Å². The van der Waals surface area contributed by atoms with Gasteiger partial charge in [0.05, 0.1) is 12.7 Å². The summed E-state index contributed by atoms with van der Waals surface area (Å²) in [6.07, 6.45) is 4.39. The van der Waals surface area contributed by atoms with Crippen LogP contribution in [0.5, 0.6) is 0 Å². The Bertz CT molecular complexity index is 917. The fraction of sp³-hybridized carbons (Fsp3) is 0.333. The van der Waals surface area contributed by atoms with E-state index in [1.165, 1.54) is 0 Å². The highest BCUT2D eigenvalue weighted by Gasteiger charge is 2.43. The van der Waals surface area contributed by atoms with Gasteiger partial charge in [0.2, 0.25) is 0 Å². The molecule has 0 saturated carbocycles. The molecule has 3 heterocycles. The summed E-state index contributed by atoms with van der Waals surface area (Å²) in [5.41, 5.74) is 0.537. The molecule has 0 aliphatic carbocycles. The average Bonchev–Trinajstić information content (AvgIpc) is 3.21. The average molecular weight is 340 g/mol. The predicted molar refractivity (Wildman–Crippen MR) is 91.0 cm³/mol. The maximum absolute atomic E-state index is 12.9. The Morgan fingerprint density at radius 1 is 1.28 bits per heavy atom. The molecule has 25 heavy (non-hydrogen) atoms. The molecule has 0 spiro atoms. The number of fused-ring (bicyclic) bond motifs is 1. The molecule has 1 saturated heterocycles. The Morgan fingerprint density at radius 2 is 2.04 bits per heavy atom. The highest BCUT2D eigenvalue weighted by atomic mass is 16.3. The summed E-state index contributed by atoms with van der Waals surface area (Å²) in [6, 6.07) is 9.12. The smallest absolute Gasteiger partial charge is 0.259 e. The van der Waals surface area contributed by atoms with Gasteiger partial charge >= 0.3 is 0 Å². The van der Waals surface area contributed by atoms with Crippen molar-refractivity contribution in [2.75, 3.05) is 13.1 Å². The molecule has 3 aromatic rings. The molecule has 4 rings (SSSR count). The Balaban J connectivity index is 1.58. The van der Waals surface area contributed by atoms with Gasteiger partial charge in [0.1, 0.15) is 22.9 Å². The van der Waals surface area contributed by atoms with Gasteiger partial charge in [-0.05, 0) is 5.56 Å². The van der Waals surface area contributed by atoms with E-state index in [4.69, 9.17) is 0 Å². The van der Waals surface area contributed by atoms with Gasteiger partial charge in [0.25, 0.3) is 5.91 Å². The van der Waals surface area contributed by atoms with Crippen LogP contribution in [0.3, 0.4) is 0 Å². The van der Waals surface area contributed by atoms with Crippen LogP contribution in [-0.4, -0.2) is 54.4 Å². The summed E-state index contributed by atoms with van der Waals surface area (Å²) in [4.78, 5) is 14.5. The minimum Gasteiger partial charge on any atom is -0.388 e. The minimum atomic E-state index is -1.34. The van der Waals surface area contributed by atoms with Crippen molar-refractivity contribution in [2.45, 2.75) is 18.1 Å². The largest absolute Gasteiger partial charge is 0.388 e. The second-order valence-electron chi connectivity index (χ2n) is 6.54. The van der Waals surface area contributed by atoms with E-state index in [2.05, 4.69) is 5.10 Å². The van der Waals surface area contributed by atoms with Crippen LogP contribution in [0.4, 0.5) is 0 Å². The second-order valence-corrected chi connectivity index (χ2v) is 6.54. The predicted octanol–water partition coefficient (Wildman–Crippen LogP) is 0.767. The molecule has 7 heteroatoms. The van der Waals surface area contributed by atoms with E-state index in [0.29, 0.717) is 23.3 Å². The Hall–Kier alpha value is -2.64. The Kier molecular flexibility index (Phi) is 3.63. The molecule has 1 amide bonds. The van der Waals surface area contributed by atoms with Crippen LogP contribution in [0.25, 0.3) is 5.65 Å². The van der Waals surface area contributed by atoms with Crippen LogP contribution < -0.4 is 0 Å². The van der Waals surface area contributed by atoms with E-state index < -0.39 is 11.7 Å². The van der Waals surface area contributed by atoms with Crippen molar-refractivity contribution in [3.8, 4) is 0 Å². The lowest BCUT2D eigenvalue weighted by Gasteiger charge is -2.42. The molecular formula is C18H20N4O3. The van der Waals surface area contributed by atoms with Gasteiger partial charge in [-0.2, -0.15) is 5.10 Å². The summed E-state index contributed by atoms with van der Waals surface area (Å²) in [5, 5.41) is 25.7. The number of amides is 1. The van der Waals surface area contributed by atoms with Crippen LogP contribution in [0.15, 0.2) is 48.9 Å². The summed E-state index contributed by atoms with van der Waals surface area (Å²) >= 11 is 0. The Morgan fingerprint density at radius 3 is 2.76 bits per heavy atom. The molecule has 2 atom stereocenters. The third kappa shape index (κ3) is 2.43. The van der Waals surface area contributed by atoms with E-state index in [0.717, 1.165) is 0 Å². The normalized spacial score (nSPS) is 24.0. The maximum Gasteiger partial charge on any atom is 0.259 e. The number of aliphatic hydroxyl groups excluding tert-OH is 1. The quantitative estimate of drug-likeness (QED) is 0.722. The van der Waals surface area contributed by atoms with Crippen molar-refractivity contribution < 1.29 is 15.0 Å². The molecular weight excluding hydrogens is 320 g/mol. The van der Waals surface area contributed by atoms with E-state index in [9.17, 15) is 15.0 Å². The number of carbonyl (C=O) groups excluding carboxylic acids is 1. The molecule has 1 aliphatic rings. The minimum absolute atomic E-state index is 0.0754. The third-order valence-electron chi connectivity index (χ3n) is 5.03. The van der Waals surface area contributed by atoms with Gasteiger partial charge < -0.3 is 19.7 Å². The fourth-order valence-electron chi connectivity index (χ4n) is 3.54. The molecule has 1 aromatic carbocycles. The first-order valence-electron chi connectivity index (χ1n) is 8.24. The number of aromatic nitrogens is 3. The number of benzene rings is 1. The van der Waals surface area contributed by atoms with Crippen molar-refractivity contribution in [1.82, 2.24) is 19.1 Å². The van der Waals surface area contributed by atoms with Crippen LogP contribution in [0.1, 0.15) is 22.3 Å². The van der Waals surface area contributed by atoms with E-state index >= 15 is 0 Å². The molecule has 7 nitrogen and oxygen atoms in total. The van der Waals surface area contributed by atoms with Crippen molar-refractivity contribution in [3.63, 3.8) is 0 Å². The Labute approximate surface area is 144 Å². The number of imidazole rings is 1. The molecule has 1 fully saturated rings. The van der Waals surface area contributed by atoms with Crippen LogP contribution in [0, 0.1) is 0 Å². The maximum atomic E-state index is 12.9. The summed E-state index contributed by atoms with van der Waals surface area (Å²) in [7, 11) is 1.85. The number of rotatable bonds is 2. The van der Waals surface area contributed by atoms with Crippen LogP contribution >= 0.6 is 0 Å². The molecule has 2 N–H and O–H groups in total. The lowest BCUT2D eigenvalue weighted by atomic mass is 9.82. The van der Waals surface area contributed by atoms with Crippen LogP contribution in [0.2, 0.25) is 0 Å². The zero-order chi connectivity index (χ0) is 17.6. The lowest BCUT2D eigenvalue weighted by molar-refractivity contribution is -0.118. The first-order chi connectivity index (χ1) is 12.0. The lowest BCUT2D eigenvalue weighted by Crippen LogP contribution is -2.55. The topological polar surface area (TPSA) is 83.0 Å². The van der Waals surface area contributed by atoms with Crippen LogP contribution in [-0.2, 0) is 12.6 Å². The number of aliphatic hydroxyl groups is 2. The molecule has 0 unspecified atom stereocenters. The standard InChI is InChI=1S/C18H20N4O3/c1-20-9-10-22-16(20)14(11-19-22)17(24)21-8-7-18(25,15(23)12-21)13-5-3-2-4-6-13/h2-6,9-11,15,23,25H,7-8,12H2,1H3/t15-,18-/m0/s1. The van der Waals surface area contributed by atoms with E-state index in [1.807, 2.05) is 36.0 Å².